The number of phenolic OH excluding ortho intramolecular Hbond substituents is 2. The minimum Gasteiger partial charge on any atom is -0.507 e. The molecule has 0 aliphatic carbocycles. The van der Waals surface area contributed by atoms with Crippen LogP contribution in [-0.4, -0.2) is 84.9 Å². The zero-order valence-electron chi connectivity index (χ0n) is 24.6. The minimum atomic E-state index is 0.0782. The van der Waals surface area contributed by atoms with E-state index in [1.807, 2.05) is 12.1 Å². The van der Waals surface area contributed by atoms with Gasteiger partial charge in [0.05, 0.1) is 11.4 Å². The third-order valence-corrected chi connectivity index (χ3v) is 8.11. The van der Waals surface area contributed by atoms with Gasteiger partial charge in [-0.3, -0.25) is 19.8 Å². The van der Waals surface area contributed by atoms with Gasteiger partial charge in [-0.1, -0.05) is 24.4 Å². The van der Waals surface area contributed by atoms with E-state index in [-0.39, 0.29) is 11.5 Å². The highest BCUT2D eigenvalue weighted by molar-refractivity contribution is 6.31. The zero-order chi connectivity index (χ0) is 29.9. The molecule has 5 rings (SSSR count). The number of ether oxygens (including phenoxy) is 2. The number of hydrogen-bond acceptors (Lipinski definition) is 8. The smallest absolute Gasteiger partial charge is 0.128 e. The van der Waals surface area contributed by atoms with Crippen molar-refractivity contribution in [3.05, 3.63) is 70.7 Å². The summed E-state index contributed by atoms with van der Waals surface area (Å²) >= 11 is 6.25. The molecule has 228 valence electrons. The van der Waals surface area contributed by atoms with Crippen molar-refractivity contribution in [1.82, 2.24) is 9.80 Å². The van der Waals surface area contributed by atoms with Crippen LogP contribution in [0.5, 0.6) is 23.0 Å². The minimum absolute atomic E-state index is 0.0782. The Labute approximate surface area is 259 Å². The van der Waals surface area contributed by atoms with Crippen LogP contribution in [-0.2, 0) is 0 Å². The van der Waals surface area contributed by atoms with Gasteiger partial charge in [0.15, 0.2) is 0 Å². The summed E-state index contributed by atoms with van der Waals surface area (Å²) in [4.78, 5) is 13.9. The molecule has 0 saturated carbocycles. The molecule has 2 aliphatic heterocycles. The van der Waals surface area contributed by atoms with Gasteiger partial charge in [0.1, 0.15) is 36.2 Å². The van der Waals surface area contributed by atoms with Gasteiger partial charge < -0.3 is 19.7 Å². The Morgan fingerprint density at radius 3 is 1.60 bits per heavy atom. The van der Waals surface area contributed by atoms with E-state index < -0.39 is 0 Å². The molecule has 2 heterocycles. The molecule has 2 N–H and O–H groups in total. The van der Waals surface area contributed by atoms with Crippen LogP contribution in [0.25, 0.3) is 0 Å². The molecule has 0 atom stereocenters. The van der Waals surface area contributed by atoms with Crippen LogP contribution in [0.2, 0.25) is 5.02 Å². The van der Waals surface area contributed by atoms with Crippen molar-refractivity contribution in [2.24, 2.45) is 9.98 Å². The molecule has 2 fully saturated rings. The predicted octanol–water partition coefficient (Wildman–Crippen LogP) is 6.98. The quantitative estimate of drug-likeness (QED) is 0.217. The molecule has 0 spiro atoms. The lowest BCUT2D eigenvalue weighted by Crippen LogP contribution is -2.33. The highest BCUT2D eigenvalue weighted by Gasteiger charge is 2.11. The molecule has 0 unspecified atom stereocenters. The van der Waals surface area contributed by atoms with E-state index in [0.29, 0.717) is 52.2 Å². The van der Waals surface area contributed by atoms with Crippen LogP contribution in [0, 0.1) is 0 Å². The van der Waals surface area contributed by atoms with E-state index in [4.69, 9.17) is 21.1 Å². The summed E-state index contributed by atoms with van der Waals surface area (Å²) in [6, 6.07) is 15.7. The molecule has 0 amide bonds. The molecular weight excluding hydrogens is 564 g/mol. The third kappa shape index (κ3) is 9.45. The lowest BCUT2D eigenvalue weighted by Gasteiger charge is -2.26. The number of benzene rings is 3. The van der Waals surface area contributed by atoms with E-state index in [9.17, 15) is 10.2 Å². The highest BCUT2D eigenvalue weighted by Crippen LogP contribution is 2.32. The average molecular weight is 605 g/mol. The Balaban J connectivity index is 1.18. The molecule has 2 saturated heterocycles. The van der Waals surface area contributed by atoms with Crippen LogP contribution in [0.15, 0.2) is 64.6 Å². The molecule has 0 aromatic heterocycles. The SMILES string of the molecule is Oc1cc(OCCN2CCCCC2)ccc1C=Nc1ccc(Cl)cc1N=Cc1ccc(OCCN2CCCCC2)cc1O. The third-order valence-electron chi connectivity index (χ3n) is 7.88. The van der Waals surface area contributed by atoms with Crippen molar-refractivity contribution in [3.8, 4) is 23.0 Å². The number of piperidine rings is 2. The highest BCUT2D eigenvalue weighted by atomic mass is 35.5. The second kappa shape index (κ2) is 15.8. The van der Waals surface area contributed by atoms with Crippen molar-refractivity contribution in [1.29, 1.82) is 0 Å². The van der Waals surface area contributed by atoms with E-state index in [1.165, 1.54) is 38.5 Å². The summed E-state index contributed by atoms with van der Waals surface area (Å²) < 4.78 is 11.7. The summed E-state index contributed by atoms with van der Waals surface area (Å²) in [7, 11) is 0. The molecule has 3 aromatic carbocycles. The maximum atomic E-state index is 10.6. The summed E-state index contributed by atoms with van der Waals surface area (Å²) in [5.41, 5.74) is 2.20. The van der Waals surface area contributed by atoms with Crippen LogP contribution >= 0.6 is 11.6 Å². The van der Waals surface area contributed by atoms with Crippen molar-refractivity contribution in [2.75, 3.05) is 52.5 Å². The standard InChI is InChI=1S/C34H41ClN4O4/c35-28-9-12-31(36-24-26-7-10-29(22-33(26)40)42-19-17-38-13-3-1-4-14-38)32(21-28)37-25-27-8-11-30(23-34(27)41)43-20-18-39-15-5-2-6-16-39/h7-12,21-25,40-41H,1-6,13-20H2. The van der Waals surface area contributed by atoms with Gasteiger partial charge in [0, 0.05) is 53.8 Å². The first kappa shape index (κ1) is 30.9. The Morgan fingerprint density at radius 2 is 1.12 bits per heavy atom. The van der Waals surface area contributed by atoms with Crippen molar-refractivity contribution >= 4 is 35.4 Å². The average Bonchev–Trinajstić information content (AvgIpc) is 3.02. The number of aromatic hydroxyl groups is 2. The first-order valence-corrected chi connectivity index (χ1v) is 15.7. The number of aliphatic imine (C=N–C) groups is 2. The number of halogens is 1. The Hall–Kier alpha value is -3.59. The number of hydrogen-bond donors (Lipinski definition) is 2. The number of phenols is 2. The summed E-state index contributed by atoms with van der Waals surface area (Å²) in [6.07, 6.45) is 10.8. The first-order chi connectivity index (χ1) is 21.0. The number of likely N-dealkylation sites (tertiary alicyclic amines) is 2. The Kier molecular flexibility index (Phi) is 11.3. The van der Waals surface area contributed by atoms with Crippen LogP contribution in [0.1, 0.15) is 49.7 Å². The fraction of sp³-hybridized carbons (Fsp3) is 0.412. The summed E-state index contributed by atoms with van der Waals surface area (Å²) in [6.45, 7) is 7.45. The largest absolute Gasteiger partial charge is 0.507 e. The van der Waals surface area contributed by atoms with Crippen molar-refractivity contribution in [3.63, 3.8) is 0 Å². The van der Waals surface area contributed by atoms with Gasteiger partial charge in [0.25, 0.3) is 0 Å². The molecule has 0 radical (unpaired) electrons. The van der Waals surface area contributed by atoms with Crippen molar-refractivity contribution < 1.29 is 19.7 Å². The predicted molar refractivity (Wildman–Crippen MR) is 174 cm³/mol. The second-order valence-corrected chi connectivity index (χ2v) is 11.5. The fourth-order valence-electron chi connectivity index (χ4n) is 5.38. The van der Waals surface area contributed by atoms with Gasteiger partial charge >= 0.3 is 0 Å². The van der Waals surface area contributed by atoms with E-state index in [1.54, 1.807) is 54.9 Å². The molecule has 0 bridgehead atoms. The molecule has 9 heteroatoms. The van der Waals surface area contributed by atoms with Crippen LogP contribution < -0.4 is 9.47 Å². The topological polar surface area (TPSA) is 90.1 Å². The first-order valence-electron chi connectivity index (χ1n) is 15.3. The maximum absolute atomic E-state index is 10.6. The fourth-order valence-corrected chi connectivity index (χ4v) is 5.55. The van der Waals surface area contributed by atoms with E-state index >= 15 is 0 Å². The number of nitrogens with zero attached hydrogens (tertiary/aromatic N) is 4. The van der Waals surface area contributed by atoms with Crippen LogP contribution in [0.4, 0.5) is 11.4 Å². The van der Waals surface area contributed by atoms with Gasteiger partial charge in [-0.05, 0) is 94.3 Å². The Morgan fingerprint density at radius 1 is 0.628 bits per heavy atom. The van der Waals surface area contributed by atoms with E-state index in [0.717, 1.165) is 39.3 Å². The normalized spacial score (nSPS) is 16.7. The van der Waals surface area contributed by atoms with Crippen molar-refractivity contribution in [2.45, 2.75) is 38.5 Å². The summed E-state index contributed by atoms with van der Waals surface area (Å²) in [5.74, 6) is 1.41. The molecule has 8 nitrogen and oxygen atoms in total. The zero-order valence-corrected chi connectivity index (χ0v) is 25.4. The number of rotatable bonds is 12. The lowest BCUT2D eigenvalue weighted by atomic mass is 10.1. The van der Waals surface area contributed by atoms with Gasteiger partial charge in [-0.15, -0.1) is 0 Å². The van der Waals surface area contributed by atoms with Gasteiger partial charge in [-0.2, -0.15) is 0 Å². The van der Waals surface area contributed by atoms with Gasteiger partial charge in [0.2, 0.25) is 0 Å². The second-order valence-electron chi connectivity index (χ2n) is 11.1. The summed E-state index contributed by atoms with van der Waals surface area (Å²) in [5, 5.41) is 21.7. The molecule has 3 aromatic rings. The molecule has 43 heavy (non-hydrogen) atoms. The van der Waals surface area contributed by atoms with E-state index in [2.05, 4.69) is 19.8 Å². The lowest BCUT2D eigenvalue weighted by molar-refractivity contribution is 0.183. The maximum Gasteiger partial charge on any atom is 0.128 e. The Bertz CT molecular complexity index is 1400. The monoisotopic (exact) mass is 604 g/mol. The molecule has 2 aliphatic rings. The molecular formula is C34H41ClN4O4. The van der Waals surface area contributed by atoms with Gasteiger partial charge in [-0.25, -0.2) is 0 Å². The van der Waals surface area contributed by atoms with Crippen LogP contribution in [0.3, 0.4) is 0 Å².